The zero-order valence-corrected chi connectivity index (χ0v) is 11.7. The number of rotatable bonds is 3. The number of aliphatic carboxylic acids is 1. The maximum Gasteiger partial charge on any atom is 0.327 e. The Bertz CT molecular complexity index is 674. The van der Waals surface area contributed by atoms with Crippen LogP contribution in [0.25, 0.3) is 10.8 Å². The summed E-state index contributed by atoms with van der Waals surface area (Å²) < 4.78 is 5.23. The Morgan fingerprint density at radius 1 is 1.48 bits per heavy atom. The van der Waals surface area contributed by atoms with Gasteiger partial charge in [0.15, 0.2) is 0 Å². The van der Waals surface area contributed by atoms with E-state index in [1.165, 1.54) is 0 Å². The van der Waals surface area contributed by atoms with Gasteiger partial charge in [0.2, 0.25) is 0 Å². The lowest BCUT2D eigenvalue weighted by Gasteiger charge is -2.35. The number of pyridine rings is 1. The van der Waals surface area contributed by atoms with Crippen molar-refractivity contribution < 1.29 is 14.6 Å². The maximum absolute atomic E-state index is 11.4. The van der Waals surface area contributed by atoms with Crippen molar-refractivity contribution in [1.82, 2.24) is 10.3 Å². The van der Waals surface area contributed by atoms with E-state index in [0.29, 0.717) is 18.9 Å². The zero-order chi connectivity index (χ0) is 14.8. The van der Waals surface area contributed by atoms with E-state index < -0.39 is 12.0 Å². The summed E-state index contributed by atoms with van der Waals surface area (Å²) in [5.41, 5.74) is 0. The Morgan fingerprint density at radius 2 is 2.33 bits per heavy atom. The molecule has 2 N–H and O–H groups in total. The summed E-state index contributed by atoms with van der Waals surface area (Å²) in [6.45, 7) is 1.79. The molecule has 110 valence electrons. The number of hydrogen-bond donors (Lipinski definition) is 2. The van der Waals surface area contributed by atoms with E-state index in [1.807, 2.05) is 29.2 Å². The van der Waals surface area contributed by atoms with Crippen LogP contribution in [0.15, 0.2) is 30.5 Å². The predicted octanol–water partition coefficient (Wildman–Crippen LogP) is 1.11. The van der Waals surface area contributed by atoms with Crippen molar-refractivity contribution in [2.24, 2.45) is 0 Å². The van der Waals surface area contributed by atoms with Gasteiger partial charge in [-0.15, -0.1) is 0 Å². The molecule has 6 nitrogen and oxygen atoms in total. The van der Waals surface area contributed by atoms with Crippen LogP contribution in [-0.4, -0.2) is 48.8 Å². The highest BCUT2D eigenvalue weighted by atomic mass is 16.5. The second-order valence-corrected chi connectivity index (χ2v) is 4.97. The molecule has 2 aromatic rings. The maximum atomic E-state index is 11.4. The standard InChI is InChI=1S/C15H17N3O3/c1-21-11-2-3-12-10(8-11)4-5-17-14(12)18-7-6-16-9-13(18)15(19)20/h2-5,8,13,16H,6-7,9H2,1H3,(H,19,20). The molecule has 1 aromatic carbocycles. The molecule has 0 aliphatic carbocycles. The molecule has 1 aromatic heterocycles. The first-order valence-electron chi connectivity index (χ1n) is 6.83. The highest BCUT2D eigenvalue weighted by Gasteiger charge is 2.30. The minimum Gasteiger partial charge on any atom is -0.497 e. The van der Waals surface area contributed by atoms with Crippen molar-refractivity contribution in [2.75, 3.05) is 31.6 Å². The van der Waals surface area contributed by atoms with Crippen LogP contribution in [0.5, 0.6) is 5.75 Å². The molecule has 21 heavy (non-hydrogen) atoms. The first-order valence-corrected chi connectivity index (χ1v) is 6.83. The van der Waals surface area contributed by atoms with Crippen molar-refractivity contribution in [3.63, 3.8) is 0 Å². The average Bonchev–Trinajstić information content (AvgIpc) is 2.53. The molecule has 0 spiro atoms. The number of carbonyl (C=O) groups is 1. The van der Waals surface area contributed by atoms with Gasteiger partial charge in [0.1, 0.15) is 17.6 Å². The quantitative estimate of drug-likeness (QED) is 0.881. The van der Waals surface area contributed by atoms with Gasteiger partial charge in [-0.25, -0.2) is 9.78 Å². The summed E-state index contributed by atoms with van der Waals surface area (Å²) in [7, 11) is 1.63. The van der Waals surface area contributed by atoms with Gasteiger partial charge in [-0.2, -0.15) is 0 Å². The normalized spacial score (nSPS) is 18.7. The Morgan fingerprint density at radius 3 is 3.10 bits per heavy atom. The molecule has 1 unspecified atom stereocenters. The van der Waals surface area contributed by atoms with E-state index in [2.05, 4.69) is 10.3 Å². The summed E-state index contributed by atoms with van der Waals surface area (Å²) in [6, 6.07) is 7.03. The minimum atomic E-state index is -0.838. The number of nitrogens with one attached hydrogen (secondary N) is 1. The molecule has 1 aliphatic heterocycles. The molecule has 0 saturated carbocycles. The number of anilines is 1. The van der Waals surface area contributed by atoms with Crippen LogP contribution >= 0.6 is 0 Å². The SMILES string of the molecule is COc1ccc2c(N3CCNCC3C(=O)O)nccc2c1. The second-order valence-electron chi connectivity index (χ2n) is 4.97. The number of carboxylic acid groups (broad SMARTS) is 1. The lowest BCUT2D eigenvalue weighted by Crippen LogP contribution is -2.55. The number of ether oxygens (including phenoxy) is 1. The molecule has 1 atom stereocenters. The molecule has 1 fully saturated rings. The molecular weight excluding hydrogens is 270 g/mol. The Labute approximate surface area is 122 Å². The van der Waals surface area contributed by atoms with Crippen molar-refractivity contribution in [3.05, 3.63) is 30.5 Å². The zero-order valence-electron chi connectivity index (χ0n) is 11.7. The second kappa shape index (κ2) is 5.57. The van der Waals surface area contributed by atoms with Crippen LogP contribution < -0.4 is 15.0 Å². The fourth-order valence-corrected chi connectivity index (χ4v) is 2.67. The third kappa shape index (κ3) is 2.50. The molecule has 3 rings (SSSR count). The summed E-state index contributed by atoms with van der Waals surface area (Å²) in [6.07, 6.45) is 1.71. The molecule has 0 bridgehead atoms. The third-order valence-corrected chi connectivity index (χ3v) is 3.75. The molecule has 6 heteroatoms. The number of carboxylic acids is 1. The number of nitrogens with zero attached hydrogens (tertiary/aromatic N) is 2. The first-order chi connectivity index (χ1) is 10.2. The van der Waals surface area contributed by atoms with Gasteiger partial charge in [0.25, 0.3) is 0 Å². The van der Waals surface area contributed by atoms with Crippen LogP contribution in [-0.2, 0) is 4.79 Å². The van der Waals surface area contributed by atoms with E-state index in [9.17, 15) is 9.90 Å². The van der Waals surface area contributed by atoms with Crippen molar-refractivity contribution in [2.45, 2.75) is 6.04 Å². The Kier molecular flexibility index (Phi) is 3.62. The van der Waals surface area contributed by atoms with Gasteiger partial charge >= 0.3 is 5.97 Å². The van der Waals surface area contributed by atoms with E-state index in [1.54, 1.807) is 13.3 Å². The molecule has 2 heterocycles. The molecular formula is C15H17N3O3. The Balaban J connectivity index is 2.08. The predicted molar refractivity (Wildman–Crippen MR) is 79.9 cm³/mol. The number of fused-ring (bicyclic) bond motifs is 1. The smallest absolute Gasteiger partial charge is 0.327 e. The average molecular weight is 287 g/mol. The molecule has 0 amide bonds. The Hall–Kier alpha value is -2.34. The van der Waals surface area contributed by atoms with E-state index in [-0.39, 0.29) is 0 Å². The monoisotopic (exact) mass is 287 g/mol. The van der Waals surface area contributed by atoms with Gasteiger partial charge in [-0.05, 0) is 29.7 Å². The molecule has 0 radical (unpaired) electrons. The summed E-state index contributed by atoms with van der Waals surface area (Å²) in [4.78, 5) is 17.7. The lowest BCUT2D eigenvalue weighted by molar-refractivity contribution is -0.138. The minimum absolute atomic E-state index is 0.420. The fraction of sp³-hybridized carbons (Fsp3) is 0.333. The fourth-order valence-electron chi connectivity index (χ4n) is 2.67. The number of aromatic nitrogens is 1. The topological polar surface area (TPSA) is 74.7 Å². The first kappa shape index (κ1) is 13.6. The largest absolute Gasteiger partial charge is 0.497 e. The van der Waals surface area contributed by atoms with Crippen molar-refractivity contribution >= 4 is 22.6 Å². The summed E-state index contributed by atoms with van der Waals surface area (Å²) in [5, 5.41) is 14.4. The molecule has 1 aliphatic rings. The van der Waals surface area contributed by atoms with Gasteiger partial charge < -0.3 is 20.1 Å². The number of piperazine rings is 1. The van der Waals surface area contributed by atoms with Gasteiger partial charge in [0, 0.05) is 31.2 Å². The van der Waals surface area contributed by atoms with Gasteiger partial charge in [-0.3, -0.25) is 0 Å². The highest BCUT2D eigenvalue weighted by molar-refractivity contribution is 5.94. The van der Waals surface area contributed by atoms with Crippen LogP contribution in [0.4, 0.5) is 5.82 Å². The van der Waals surface area contributed by atoms with Crippen LogP contribution in [0.2, 0.25) is 0 Å². The summed E-state index contributed by atoms with van der Waals surface area (Å²) in [5.74, 6) is 0.647. The van der Waals surface area contributed by atoms with Crippen LogP contribution in [0.3, 0.4) is 0 Å². The molecule has 1 saturated heterocycles. The van der Waals surface area contributed by atoms with Gasteiger partial charge in [0.05, 0.1) is 7.11 Å². The van der Waals surface area contributed by atoms with E-state index in [0.717, 1.165) is 23.1 Å². The van der Waals surface area contributed by atoms with Crippen molar-refractivity contribution in [3.8, 4) is 5.75 Å². The lowest BCUT2D eigenvalue weighted by atomic mass is 10.1. The number of benzene rings is 1. The van der Waals surface area contributed by atoms with Crippen LogP contribution in [0.1, 0.15) is 0 Å². The van der Waals surface area contributed by atoms with Crippen LogP contribution in [0, 0.1) is 0 Å². The van der Waals surface area contributed by atoms with Crippen molar-refractivity contribution in [1.29, 1.82) is 0 Å². The number of methoxy groups -OCH3 is 1. The number of hydrogen-bond acceptors (Lipinski definition) is 5. The van der Waals surface area contributed by atoms with E-state index in [4.69, 9.17) is 4.74 Å². The highest BCUT2D eigenvalue weighted by Crippen LogP contribution is 2.29. The van der Waals surface area contributed by atoms with E-state index >= 15 is 0 Å². The van der Waals surface area contributed by atoms with Gasteiger partial charge in [-0.1, -0.05) is 0 Å². The summed E-state index contributed by atoms with van der Waals surface area (Å²) >= 11 is 0. The third-order valence-electron chi connectivity index (χ3n) is 3.75.